The van der Waals surface area contributed by atoms with Crippen molar-refractivity contribution in [1.29, 1.82) is 0 Å². The van der Waals surface area contributed by atoms with Gasteiger partial charge < -0.3 is 15.0 Å². The van der Waals surface area contributed by atoms with Crippen molar-refractivity contribution in [2.45, 2.75) is 45.1 Å². The molecule has 6 heteroatoms. The van der Waals surface area contributed by atoms with Crippen molar-refractivity contribution >= 4 is 23.3 Å². The quantitative estimate of drug-likeness (QED) is 0.714. The van der Waals surface area contributed by atoms with Gasteiger partial charge in [-0.05, 0) is 62.8 Å². The molecule has 1 saturated heterocycles. The van der Waals surface area contributed by atoms with Gasteiger partial charge in [0.05, 0.1) is 5.60 Å². The number of nitrogens with one attached hydrogen (secondary N) is 1. The number of hydrogen-bond donors (Lipinski definition) is 2. The van der Waals surface area contributed by atoms with Crippen LogP contribution < -0.4 is 0 Å². The Kier molecular flexibility index (Phi) is 6.26. The number of benzene rings is 1. The molecule has 0 spiro atoms. The summed E-state index contributed by atoms with van der Waals surface area (Å²) in [5.74, 6) is 0.318. The molecule has 150 valence electrons. The third-order valence-electron chi connectivity index (χ3n) is 5.20. The fraction of sp³-hybridized carbons (Fsp3) is 0.455. The summed E-state index contributed by atoms with van der Waals surface area (Å²) in [6, 6.07) is 8.83. The summed E-state index contributed by atoms with van der Waals surface area (Å²) in [5.41, 5.74) is 1.17. The van der Waals surface area contributed by atoms with Crippen molar-refractivity contribution in [2.24, 2.45) is 5.92 Å². The number of carbonyl (C=O) groups excluding carboxylic acids is 2. The zero-order valence-electron chi connectivity index (χ0n) is 16.4. The van der Waals surface area contributed by atoms with E-state index < -0.39 is 5.60 Å². The second-order valence-corrected chi connectivity index (χ2v) is 8.72. The highest BCUT2D eigenvalue weighted by molar-refractivity contribution is 6.30. The number of Topliss-reactive ketones (excluding diaryl/α,β-unsaturated/α-hetero) is 1. The summed E-state index contributed by atoms with van der Waals surface area (Å²) in [7, 11) is 0. The monoisotopic (exact) mass is 402 g/mol. The molecule has 1 aliphatic heterocycles. The molecule has 0 unspecified atom stereocenters. The van der Waals surface area contributed by atoms with Crippen molar-refractivity contribution in [2.75, 3.05) is 13.1 Å². The number of halogens is 1. The van der Waals surface area contributed by atoms with Crippen molar-refractivity contribution in [1.82, 2.24) is 9.88 Å². The average molecular weight is 403 g/mol. The van der Waals surface area contributed by atoms with Crippen LogP contribution in [0.25, 0.3) is 0 Å². The first-order chi connectivity index (χ1) is 13.2. The smallest absolute Gasteiger partial charge is 0.270 e. The Labute approximate surface area is 170 Å². The van der Waals surface area contributed by atoms with E-state index in [2.05, 4.69) is 4.98 Å². The van der Waals surface area contributed by atoms with Crippen LogP contribution in [-0.4, -0.2) is 45.4 Å². The number of H-pyrrole nitrogens is 1. The Morgan fingerprint density at radius 3 is 2.46 bits per heavy atom. The second-order valence-electron chi connectivity index (χ2n) is 8.28. The number of aliphatic hydroxyl groups is 1. The van der Waals surface area contributed by atoms with Gasteiger partial charge in [0.1, 0.15) is 5.69 Å². The molecule has 2 N–H and O–H groups in total. The minimum atomic E-state index is -0.671. The van der Waals surface area contributed by atoms with Gasteiger partial charge in [-0.2, -0.15) is 0 Å². The van der Waals surface area contributed by atoms with Crippen molar-refractivity contribution in [3.05, 3.63) is 58.4 Å². The molecule has 1 aliphatic rings. The number of ketones is 1. The summed E-state index contributed by atoms with van der Waals surface area (Å²) in [5, 5.41) is 10.6. The lowest BCUT2D eigenvalue weighted by molar-refractivity contribution is 0.0357. The maximum atomic E-state index is 12.7. The summed E-state index contributed by atoms with van der Waals surface area (Å²) >= 11 is 5.87. The number of likely N-dealkylation sites (tertiary alicyclic amines) is 1. The van der Waals surface area contributed by atoms with Gasteiger partial charge in [-0.15, -0.1) is 0 Å². The number of hydrogen-bond acceptors (Lipinski definition) is 3. The Balaban J connectivity index is 1.57. The van der Waals surface area contributed by atoms with E-state index in [1.807, 2.05) is 30.9 Å². The molecular weight excluding hydrogens is 376 g/mol. The Bertz CT molecular complexity index is 828. The van der Waals surface area contributed by atoms with Gasteiger partial charge >= 0.3 is 0 Å². The number of rotatable bonds is 6. The SMILES string of the molecule is CC(C)(O)CC1CCN(C(=O)c2cc(C(=O)Cc3ccc(Cl)cc3)c[nH]2)CC1. The summed E-state index contributed by atoms with van der Waals surface area (Å²) in [6.45, 7) is 5.00. The lowest BCUT2D eigenvalue weighted by atomic mass is 9.86. The molecule has 0 bridgehead atoms. The van der Waals surface area contributed by atoms with Crippen LogP contribution in [-0.2, 0) is 6.42 Å². The molecule has 5 nitrogen and oxygen atoms in total. The molecule has 1 aromatic heterocycles. The lowest BCUT2D eigenvalue weighted by Gasteiger charge is -2.34. The highest BCUT2D eigenvalue weighted by Crippen LogP contribution is 2.27. The maximum absolute atomic E-state index is 12.7. The van der Waals surface area contributed by atoms with E-state index >= 15 is 0 Å². The number of nitrogens with zero attached hydrogens (tertiary/aromatic N) is 1. The highest BCUT2D eigenvalue weighted by atomic mass is 35.5. The molecule has 28 heavy (non-hydrogen) atoms. The Morgan fingerprint density at radius 2 is 1.86 bits per heavy atom. The molecule has 3 rings (SSSR count). The van der Waals surface area contributed by atoms with E-state index in [-0.39, 0.29) is 18.1 Å². The number of aromatic nitrogens is 1. The molecule has 1 fully saturated rings. The summed E-state index contributed by atoms with van der Waals surface area (Å²) in [6.07, 6.45) is 4.40. The first-order valence-corrected chi connectivity index (χ1v) is 10.1. The van der Waals surface area contributed by atoms with E-state index in [4.69, 9.17) is 11.6 Å². The molecule has 0 atom stereocenters. The fourth-order valence-electron chi connectivity index (χ4n) is 3.79. The molecule has 1 amide bonds. The minimum Gasteiger partial charge on any atom is -0.390 e. The zero-order chi connectivity index (χ0) is 20.3. The number of piperidine rings is 1. The Hall–Kier alpha value is -2.11. The number of amides is 1. The van der Waals surface area contributed by atoms with Crippen LogP contribution in [0.2, 0.25) is 5.02 Å². The molecule has 0 saturated carbocycles. The Morgan fingerprint density at radius 1 is 1.21 bits per heavy atom. The first kappa shape index (κ1) is 20.6. The third kappa shape index (κ3) is 5.46. The lowest BCUT2D eigenvalue weighted by Crippen LogP contribution is -2.40. The molecule has 0 radical (unpaired) electrons. The van der Waals surface area contributed by atoms with Crippen LogP contribution in [0.5, 0.6) is 0 Å². The predicted molar refractivity (Wildman–Crippen MR) is 110 cm³/mol. The fourth-order valence-corrected chi connectivity index (χ4v) is 3.91. The van der Waals surface area contributed by atoms with Crippen LogP contribution >= 0.6 is 11.6 Å². The zero-order valence-corrected chi connectivity index (χ0v) is 17.1. The van der Waals surface area contributed by atoms with E-state index in [9.17, 15) is 14.7 Å². The standard InChI is InChI=1S/C22H27ClN2O3/c1-22(2,28)13-16-7-9-25(10-8-16)21(27)19-12-17(14-24-19)20(26)11-15-3-5-18(23)6-4-15/h3-6,12,14,16,24,28H,7-11,13H2,1-2H3. The van der Waals surface area contributed by atoms with Crippen LogP contribution in [0.15, 0.2) is 36.5 Å². The van der Waals surface area contributed by atoms with Gasteiger partial charge in [0.25, 0.3) is 5.91 Å². The molecule has 0 aliphatic carbocycles. The second kappa shape index (κ2) is 8.50. The normalized spacial score (nSPS) is 15.6. The third-order valence-corrected chi connectivity index (χ3v) is 5.46. The molecule has 1 aromatic carbocycles. The van der Waals surface area contributed by atoms with Crippen molar-refractivity contribution in [3.63, 3.8) is 0 Å². The maximum Gasteiger partial charge on any atom is 0.270 e. The summed E-state index contributed by atoms with van der Waals surface area (Å²) < 4.78 is 0. The number of carbonyl (C=O) groups is 2. The predicted octanol–water partition coefficient (Wildman–Crippen LogP) is 4.11. The molecular formula is C22H27ClN2O3. The largest absolute Gasteiger partial charge is 0.390 e. The number of aromatic amines is 1. The van der Waals surface area contributed by atoms with E-state index in [0.29, 0.717) is 35.3 Å². The van der Waals surface area contributed by atoms with Gasteiger partial charge in [-0.3, -0.25) is 9.59 Å². The van der Waals surface area contributed by atoms with E-state index in [1.54, 1.807) is 24.4 Å². The van der Waals surface area contributed by atoms with Gasteiger partial charge in [0.2, 0.25) is 0 Å². The van der Waals surface area contributed by atoms with Crippen molar-refractivity contribution in [3.8, 4) is 0 Å². The van der Waals surface area contributed by atoms with Gasteiger partial charge in [0.15, 0.2) is 5.78 Å². The minimum absolute atomic E-state index is 0.0403. The average Bonchev–Trinajstić information content (AvgIpc) is 3.13. The van der Waals surface area contributed by atoms with Gasteiger partial charge in [0, 0.05) is 36.3 Å². The molecule has 2 heterocycles. The van der Waals surface area contributed by atoms with Crippen molar-refractivity contribution < 1.29 is 14.7 Å². The van der Waals surface area contributed by atoms with Crippen LogP contribution in [0.1, 0.15) is 59.5 Å². The summed E-state index contributed by atoms with van der Waals surface area (Å²) in [4.78, 5) is 30.0. The molecule has 2 aromatic rings. The van der Waals surface area contributed by atoms with Crippen LogP contribution in [0, 0.1) is 5.92 Å². The first-order valence-electron chi connectivity index (χ1n) is 9.69. The van der Waals surface area contributed by atoms with Gasteiger partial charge in [-0.1, -0.05) is 23.7 Å². The van der Waals surface area contributed by atoms with E-state index in [1.165, 1.54) is 0 Å². The highest BCUT2D eigenvalue weighted by Gasteiger charge is 2.28. The van der Waals surface area contributed by atoms with Crippen LogP contribution in [0.4, 0.5) is 0 Å². The van der Waals surface area contributed by atoms with Gasteiger partial charge in [-0.25, -0.2) is 0 Å². The van der Waals surface area contributed by atoms with E-state index in [0.717, 1.165) is 24.8 Å². The van der Waals surface area contributed by atoms with Crippen LogP contribution in [0.3, 0.4) is 0 Å². The topological polar surface area (TPSA) is 73.4 Å².